The van der Waals surface area contributed by atoms with Gasteiger partial charge < -0.3 is 10.6 Å². The summed E-state index contributed by atoms with van der Waals surface area (Å²) in [6.07, 6.45) is 2.65. The number of nitrogens with zero attached hydrogens (tertiary/aromatic N) is 2. The highest BCUT2D eigenvalue weighted by Gasteiger charge is 2.12. The Kier molecular flexibility index (Phi) is 5.89. The first-order chi connectivity index (χ1) is 12.1. The first-order valence-electron chi connectivity index (χ1n) is 8.08. The Balaban J connectivity index is 0.000000173. The average Bonchev–Trinajstić information content (AvgIpc) is 3.34. The van der Waals surface area contributed by atoms with Crippen LogP contribution in [0.3, 0.4) is 0 Å². The second kappa shape index (κ2) is 8.32. The van der Waals surface area contributed by atoms with Gasteiger partial charge in [-0.2, -0.15) is 0 Å². The van der Waals surface area contributed by atoms with Crippen molar-refractivity contribution in [1.82, 2.24) is 4.98 Å². The molecule has 130 valence electrons. The van der Waals surface area contributed by atoms with Gasteiger partial charge in [-0.15, -0.1) is 11.3 Å². The lowest BCUT2D eigenvalue weighted by atomic mass is 10.1. The van der Waals surface area contributed by atoms with Crippen LogP contribution in [0.5, 0.6) is 0 Å². The molecule has 1 aromatic heterocycles. The zero-order valence-corrected chi connectivity index (χ0v) is 15.2. The number of benzene rings is 2. The zero-order chi connectivity index (χ0) is 17.6. The van der Waals surface area contributed by atoms with Gasteiger partial charge >= 0.3 is 0 Å². The van der Waals surface area contributed by atoms with Gasteiger partial charge in [0, 0.05) is 29.7 Å². The molecule has 6 heteroatoms. The number of aromatic nitrogens is 1. The Labute approximate surface area is 155 Å². The quantitative estimate of drug-likeness (QED) is 0.604. The molecule has 3 aromatic rings. The van der Waals surface area contributed by atoms with Crippen molar-refractivity contribution in [3.05, 3.63) is 64.2 Å². The van der Waals surface area contributed by atoms with Crippen molar-refractivity contribution in [1.29, 1.82) is 0 Å². The van der Waals surface area contributed by atoms with E-state index >= 15 is 0 Å². The Morgan fingerprint density at radius 1 is 1.08 bits per heavy atom. The molecule has 0 aliphatic carbocycles. The number of anilines is 2. The molecule has 2 N–H and O–H groups in total. The van der Waals surface area contributed by atoms with Crippen molar-refractivity contribution in [3.8, 4) is 11.3 Å². The fourth-order valence-electron chi connectivity index (χ4n) is 2.68. The van der Waals surface area contributed by atoms with Gasteiger partial charge in [-0.25, -0.2) is 9.37 Å². The van der Waals surface area contributed by atoms with Crippen LogP contribution in [0.1, 0.15) is 12.8 Å². The SMILES string of the molecule is Nc1c(F)cccc1Cl.c1nc(-c2ccc(N3CCCC3)cc2)cs1. The van der Waals surface area contributed by atoms with Crippen LogP contribution in [0.4, 0.5) is 15.8 Å². The molecule has 1 fully saturated rings. The lowest BCUT2D eigenvalue weighted by Crippen LogP contribution is -2.17. The van der Waals surface area contributed by atoms with E-state index in [9.17, 15) is 4.39 Å². The van der Waals surface area contributed by atoms with E-state index in [1.54, 1.807) is 17.4 Å². The summed E-state index contributed by atoms with van der Waals surface area (Å²) in [5.74, 6) is -0.470. The van der Waals surface area contributed by atoms with Crippen LogP contribution in [-0.2, 0) is 0 Å². The predicted octanol–water partition coefficient (Wildman–Crippen LogP) is 5.47. The largest absolute Gasteiger partial charge is 0.395 e. The minimum absolute atomic E-state index is 0.0131. The number of nitrogens with two attached hydrogens (primary N) is 1. The molecular weight excluding hydrogens is 357 g/mol. The van der Waals surface area contributed by atoms with Crippen molar-refractivity contribution in [2.24, 2.45) is 0 Å². The summed E-state index contributed by atoms with van der Waals surface area (Å²) < 4.78 is 12.4. The van der Waals surface area contributed by atoms with Crippen molar-refractivity contribution in [2.75, 3.05) is 23.7 Å². The molecule has 3 nitrogen and oxygen atoms in total. The third kappa shape index (κ3) is 4.50. The van der Waals surface area contributed by atoms with Gasteiger partial charge in [-0.1, -0.05) is 29.8 Å². The van der Waals surface area contributed by atoms with Gasteiger partial charge in [0.05, 0.1) is 21.9 Å². The molecule has 2 heterocycles. The Morgan fingerprint density at radius 2 is 1.80 bits per heavy atom. The second-order valence-electron chi connectivity index (χ2n) is 5.75. The maximum Gasteiger partial charge on any atom is 0.147 e. The van der Waals surface area contributed by atoms with Gasteiger partial charge in [0.25, 0.3) is 0 Å². The highest BCUT2D eigenvalue weighted by Crippen LogP contribution is 2.25. The Morgan fingerprint density at radius 3 is 2.36 bits per heavy atom. The molecule has 0 amide bonds. The summed E-state index contributed by atoms with van der Waals surface area (Å²) in [5.41, 5.74) is 10.7. The topological polar surface area (TPSA) is 42.1 Å². The number of nitrogen functional groups attached to an aromatic ring is 1. The van der Waals surface area contributed by atoms with E-state index in [1.165, 1.54) is 49.3 Å². The number of hydrogen-bond donors (Lipinski definition) is 1. The third-order valence-corrected chi connectivity index (χ3v) is 4.98. The lowest BCUT2D eigenvalue weighted by Gasteiger charge is -2.17. The smallest absolute Gasteiger partial charge is 0.147 e. The highest BCUT2D eigenvalue weighted by molar-refractivity contribution is 7.07. The summed E-state index contributed by atoms with van der Waals surface area (Å²) in [6.45, 7) is 2.41. The van der Waals surface area contributed by atoms with E-state index in [0.29, 0.717) is 0 Å². The van der Waals surface area contributed by atoms with Gasteiger partial charge in [-0.3, -0.25) is 0 Å². The van der Waals surface area contributed by atoms with Crippen molar-refractivity contribution in [3.63, 3.8) is 0 Å². The van der Waals surface area contributed by atoms with Crippen molar-refractivity contribution >= 4 is 34.3 Å². The van der Waals surface area contributed by atoms with E-state index in [1.807, 2.05) is 5.51 Å². The first kappa shape index (κ1) is 17.7. The molecule has 4 rings (SSSR count). The minimum Gasteiger partial charge on any atom is -0.395 e. The maximum absolute atomic E-state index is 12.4. The fraction of sp³-hybridized carbons (Fsp3) is 0.211. The fourth-order valence-corrected chi connectivity index (χ4v) is 3.41. The number of halogens is 2. The summed E-state index contributed by atoms with van der Waals surface area (Å²) in [5, 5.41) is 2.35. The van der Waals surface area contributed by atoms with Crippen molar-refractivity contribution < 1.29 is 4.39 Å². The molecule has 0 spiro atoms. The van der Waals surface area contributed by atoms with E-state index in [0.717, 1.165) is 5.69 Å². The summed E-state index contributed by atoms with van der Waals surface area (Å²) in [7, 11) is 0. The second-order valence-corrected chi connectivity index (χ2v) is 6.88. The minimum atomic E-state index is -0.470. The average molecular weight is 376 g/mol. The molecule has 0 radical (unpaired) electrons. The van der Waals surface area contributed by atoms with Crippen LogP contribution in [0.25, 0.3) is 11.3 Å². The Bertz CT molecular complexity index is 780. The van der Waals surface area contributed by atoms with Crippen LogP contribution in [-0.4, -0.2) is 18.1 Å². The molecule has 0 atom stereocenters. The van der Waals surface area contributed by atoms with Crippen LogP contribution in [0.2, 0.25) is 5.02 Å². The van der Waals surface area contributed by atoms with E-state index in [-0.39, 0.29) is 10.7 Å². The monoisotopic (exact) mass is 375 g/mol. The van der Waals surface area contributed by atoms with Gasteiger partial charge in [-0.05, 0) is 37.1 Å². The summed E-state index contributed by atoms with van der Waals surface area (Å²) in [6, 6.07) is 13.1. The van der Waals surface area contributed by atoms with Crippen LogP contribution >= 0.6 is 22.9 Å². The van der Waals surface area contributed by atoms with Gasteiger partial charge in [0.15, 0.2) is 0 Å². The number of hydrogen-bond acceptors (Lipinski definition) is 4. The number of thiazole rings is 1. The standard InChI is InChI=1S/C13H14N2S.C6H5ClFN/c1-2-8-15(7-1)12-5-3-11(4-6-12)13-9-16-10-14-13;7-4-2-1-3-5(8)6(4)9/h3-6,9-10H,1-2,7-8H2;1-3H,9H2. The van der Waals surface area contributed by atoms with Crippen LogP contribution in [0.15, 0.2) is 53.4 Å². The van der Waals surface area contributed by atoms with Crippen molar-refractivity contribution in [2.45, 2.75) is 12.8 Å². The molecule has 1 aliphatic rings. The molecule has 0 unspecified atom stereocenters. The Hall–Kier alpha value is -2.11. The van der Waals surface area contributed by atoms with E-state index in [4.69, 9.17) is 17.3 Å². The van der Waals surface area contributed by atoms with Gasteiger partial charge in [0.2, 0.25) is 0 Å². The van der Waals surface area contributed by atoms with E-state index in [2.05, 4.69) is 39.5 Å². The summed E-state index contributed by atoms with van der Waals surface area (Å²) in [4.78, 5) is 6.77. The predicted molar refractivity (Wildman–Crippen MR) is 105 cm³/mol. The molecule has 1 aliphatic heterocycles. The molecule has 2 aromatic carbocycles. The number of rotatable bonds is 2. The van der Waals surface area contributed by atoms with E-state index < -0.39 is 5.82 Å². The third-order valence-electron chi connectivity index (χ3n) is 4.07. The number of para-hydroxylation sites is 1. The first-order valence-corrected chi connectivity index (χ1v) is 9.40. The maximum atomic E-state index is 12.4. The summed E-state index contributed by atoms with van der Waals surface area (Å²) >= 11 is 7.09. The normalized spacial score (nSPS) is 13.4. The zero-order valence-electron chi connectivity index (χ0n) is 13.7. The van der Waals surface area contributed by atoms with Crippen LogP contribution in [0, 0.1) is 5.82 Å². The lowest BCUT2D eigenvalue weighted by molar-refractivity contribution is 0.632. The molecule has 25 heavy (non-hydrogen) atoms. The molecule has 1 saturated heterocycles. The van der Waals surface area contributed by atoms with Gasteiger partial charge in [0.1, 0.15) is 5.82 Å². The molecular formula is C19H19ClFN3S. The molecule has 0 saturated carbocycles. The highest BCUT2D eigenvalue weighted by atomic mass is 35.5. The molecule has 0 bridgehead atoms. The van der Waals surface area contributed by atoms with Crippen LogP contribution < -0.4 is 10.6 Å².